The maximum absolute atomic E-state index is 12.2. The van der Waals surface area contributed by atoms with Crippen molar-refractivity contribution < 1.29 is 9.53 Å². The Morgan fingerprint density at radius 1 is 0.971 bits per heavy atom. The second-order valence-electron chi connectivity index (χ2n) is 7.76. The lowest BCUT2D eigenvalue weighted by atomic mass is 10.2. The number of aryl methyl sites for hydroxylation is 1. The summed E-state index contributed by atoms with van der Waals surface area (Å²) >= 11 is 7.42. The summed E-state index contributed by atoms with van der Waals surface area (Å²) < 4.78 is 8.58. The molecule has 3 aromatic carbocycles. The molecule has 0 aliphatic carbocycles. The number of unbranched alkanes of at least 4 members (excludes halogenated alkanes) is 1. The number of halogens is 1. The van der Waals surface area contributed by atoms with Gasteiger partial charge in [-0.25, -0.2) is 14.8 Å². The molecule has 8 heteroatoms. The van der Waals surface area contributed by atoms with E-state index in [0.717, 1.165) is 40.0 Å². The Balaban J connectivity index is 1.56. The molecule has 0 bridgehead atoms. The van der Waals surface area contributed by atoms with E-state index in [-0.39, 0.29) is 5.97 Å². The summed E-state index contributed by atoms with van der Waals surface area (Å²) in [5, 5.41) is 4.01. The number of hydrogen-bond acceptors (Lipinski definition) is 7. The molecule has 0 fully saturated rings. The van der Waals surface area contributed by atoms with Crippen molar-refractivity contribution >= 4 is 57.9 Å². The highest BCUT2D eigenvalue weighted by Gasteiger charge is 2.12. The molecule has 174 valence electrons. The molecule has 4 aromatic rings. The van der Waals surface area contributed by atoms with Gasteiger partial charge in [-0.3, -0.25) is 0 Å². The fourth-order valence-corrected chi connectivity index (χ4v) is 3.91. The van der Waals surface area contributed by atoms with E-state index in [0.29, 0.717) is 28.8 Å². The van der Waals surface area contributed by atoms with Crippen LogP contribution in [0.1, 0.15) is 35.7 Å². The van der Waals surface area contributed by atoms with Crippen molar-refractivity contribution in [3.05, 3.63) is 82.9 Å². The Morgan fingerprint density at radius 2 is 1.71 bits per heavy atom. The van der Waals surface area contributed by atoms with Gasteiger partial charge in [0, 0.05) is 15.6 Å². The van der Waals surface area contributed by atoms with E-state index >= 15 is 0 Å². The SMILES string of the molecule is CCCCOC(=O)c1ccc(Nc2nc3cc(C)ccc3nc2NSc2ccc(Cl)cc2)cc1. The molecule has 4 rings (SSSR count). The summed E-state index contributed by atoms with van der Waals surface area (Å²) in [4.78, 5) is 22.7. The molecule has 2 N–H and O–H groups in total. The normalized spacial score (nSPS) is 10.8. The minimum atomic E-state index is -0.317. The first-order chi connectivity index (χ1) is 16.5. The Labute approximate surface area is 208 Å². The number of fused-ring (bicyclic) bond motifs is 1. The van der Waals surface area contributed by atoms with E-state index < -0.39 is 0 Å². The number of anilines is 3. The van der Waals surface area contributed by atoms with E-state index in [1.54, 1.807) is 12.1 Å². The van der Waals surface area contributed by atoms with Gasteiger partial charge in [-0.2, -0.15) is 0 Å². The van der Waals surface area contributed by atoms with Gasteiger partial charge in [0.05, 0.1) is 23.2 Å². The van der Waals surface area contributed by atoms with E-state index in [1.807, 2.05) is 61.5 Å². The molecule has 0 atom stereocenters. The van der Waals surface area contributed by atoms with E-state index in [2.05, 4.69) is 17.0 Å². The van der Waals surface area contributed by atoms with Gasteiger partial charge >= 0.3 is 5.97 Å². The second kappa shape index (κ2) is 11.2. The van der Waals surface area contributed by atoms with Crippen LogP contribution in [0.2, 0.25) is 5.02 Å². The number of nitrogens with zero attached hydrogens (tertiary/aromatic N) is 2. The zero-order valence-corrected chi connectivity index (χ0v) is 20.5. The molecule has 0 radical (unpaired) electrons. The van der Waals surface area contributed by atoms with Gasteiger partial charge in [0.1, 0.15) is 0 Å². The summed E-state index contributed by atoms with van der Waals surface area (Å²) in [6.07, 6.45) is 1.84. The fourth-order valence-electron chi connectivity index (χ4n) is 3.15. The van der Waals surface area contributed by atoms with Crippen LogP contribution in [-0.4, -0.2) is 22.5 Å². The van der Waals surface area contributed by atoms with Crippen LogP contribution in [0.4, 0.5) is 17.3 Å². The van der Waals surface area contributed by atoms with Crippen molar-refractivity contribution in [1.82, 2.24) is 9.97 Å². The highest BCUT2D eigenvalue weighted by Crippen LogP contribution is 2.30. The largest absolute Gasteiger partial charge is 0.462 e. The van der Waals surface area contributed by atoms with Crippen LogP contribution in [0.3, 0.4) is 0 Å². The number of esters is 1. The summed E-state index contributed by atoms with van der Waals surface area (Å²) in [5.74, 6) is 0.861. The van der Waals surface area contributed by atoms with Gasteiger partial charge in [-0.05, 0) is 91.5 Å². The molecule has 1 aromatic heterocycles. The lowest BCUT2D eigenvalue weighted by molar-refractivity contribution is 0.0500. The van der Waals surface area contributed by atoms with Crippen LogP contribution in [0.25, 0.3) is 11.0 Å². The topological polar surface area (TPSA) is 76.1 Å². The van der Waals surface area contributed by atoms with Gasteiger partial charge < -0.3 is 14.8 Å². The monoisotopic (exact) mass is 492 g/mol. The fraction of sp³-hybridized carbons (Fsp3) is 0.192. The van der Waals surface area contributed by atoms with Crippen molar-refractivity contribution in [2.45, 2.75) is 31.6 Å². The maximum Gasteiger partial charge on any atom is 0.338 e. The zero-order valence-electron chi connectivity index (χ0n) is 19.0. The third-order valence-corrected chi connectivity index (χ3v) is 6.07. The molecular formula is C26H25ClN4O2S. The summed E-state index contributed by atoms with van der Waals surface area (Å²) in [6.45, 7) is 4.51. The number of aromatic nitrogens is 2. The van der Waals surface area contributed by atoms with Crippen molar-refractivity contribution in [3.63, 3.8) is 0 Å². The van der Waals surface area contributed by atoms with E-state index in [4.69, 9.17) is 26.3 Å². The number of hydrogen-bond donors (Lipinski definition) is 2. The van der Waals surface area contributed by atoms with Gasteiger partial charge in [0.2, 0.25) is 0 Å². The molecular weight excluding hydrogens is 468 g/mol. The minimum Gasteiger partial charge on any atom is -0.462 e. The third-order valence-electron chi connectivity index (χ3n) is 5.01. The highest BCUT2D eigenvalue weighted by molar-refractivity contribution is 8.00. The molecule has 0 aliphatic heterocycles. The number of nitrogens with one attached hydrogen (secondary N) is 2. The van der Waals surface area contributed by atoms with E-state index in [9.17, 15) is 4.79 Å². The molecule has 0 saturated carbocycles. The predicted molar refractivity (Wildman–Crippen MR) is 140 cm³/mol. The van der Waals surface area contributed by atoms with Crippen LogP contribution in [-0.2, 0) is 4.74 Å². The van der Waals surface area contributed by atoms with Gasteiger partial charge in [-0.1, -0.05) is 31.0 Å². The molecule has 0 amide bonds. The standard InChI is InChI=1S/C26H25ClN4O2S/c1-3-4-15-33-26(32)18-6-10-20(11-7-18)28-24-25(31-34-21-12-8-19(27)9-13-21)29-22-14-5-17(2)16-23(22)30-24/h5-14,16H,3-4,15H2,1-2H3,(H,28,30)(H,29,31). The molecule has 0 spiro atoms. The maximum atomic E-state index is 12.2. The molecule has 34 heavy (non-hydrogen) atoms. The summed E-state index contributed by atoms with van der Waals surface area (Å²) in [6, 6.07) is 20.7. The quantitative estimate of drug-likeness (QED) is 0.143. The van der Waals surface area contributed by atoms with Gasteiger partial charge in [-0.15, -0.1) is 0 Å². The Kier molecular flexibility index (Phi) is 7.87. The van der Waals surface area contributed by atoms with Crippen LogP contribution in [0, 0.1) is 6.92 Å². The first kappa shape index (κ1) is 23.9. The highest BCUT2D eigenvalue weighted by atomic mass is 35.5. The third kappa shape index (κ3) is 6.18. The number of carbonyl (C=O) groups is 1. The Bertz CT molecular complexity index is 1280. The van der Waals surface area contributed by atoms with Crippen LogP contribution in [0.5, 0.6) is 0 Å². The van der Waals surface area contributed by atoms with Crippen molar-refractivity contribution in [2.75, 3.05) is 16.6 Å². The molecule has 0 saturated heterocycles. The number of benzene rings is 3. The van der Waals surface area contributed by atoms with Crippen molar-refractivity contribution in [3.8, 4) is 0 Å². The summed E-state index contributed by atoms with van der Waals surface area (Å²) in [7, 11) is 0. The number of ether oxygens (including phenoxy) is 1. The number of rotatable bonds is 9. The first-order valence-corrected chi connectivity index (χ1v) is 12.2. The van der Waals surface area contributed by atoms with Crippen molar-refractivity contribution in [1.29, 1.82) is 0 Å². The molecule has 0 aliphatic rings. The average Bonchev–Trinajstić information content (AvgIpc) is 2.84. The first-order valence-electron chi connectivity index (χ1n) is 11.0. The smallest absolute Gasteiger partial charge is 0.338 e. The zero-order chi connectivity index (χ0) is 23.9. The lowest BCUT2D eigenvalue weighted by Crippen LogP contribution is -2.06. The second-order valence-corrected chi connectivity index (χ2v) is 9.08. The Morgan fingerprint density at radius 3 is 2.44 bits per heavy atom. The lowest BCUT2D eigenvalue weighted by Gasteiger charge is -2.13. The molecule has 6 nitrogen and oxygen atoms in total. The van der Waals surface area contributed by atoms with Crippen LogP contribution < -0.4 is 10.0 Å². The van der Waals surface area contributed by atoms with Crippen LogP contribution >= 0.6 is 23.5 Å². The summed E-state index contributed by atoms with van der Waals surface area (Å²) in [5.41, 5.74) is 3.99. The van der Waals surface area contributed by atoms with Crippen molar-refractivity contribution in [2.24, 2.45) is 0 Å². The number of carbonyl (C=O) groups excluding carboxylic acids is 1. The van der Waals surface area contributed by atoms with Gasteiger partial charge in [0.25, 0.3) is 0 Å². The van der Waals surface area contributed by atoms with Crippen LogP contribution in [0.15, 0.2) is 71.6 Å². The average molecular weight is 493 g/mol. The van der Waals surface area contributed by atoms with Gasteiger partial charge in [0.15, 0.2) is 11.6 Å². The molecule has 0 unspecified atom stereocenters. The Hall–Kier alpha value is -3.29. The minimum absolute atomic E-state index is 0.317. The van der Waals surface area contributed by atoms with E-state index in [1.165, 1.54) is 11.9 Å². The predicted octanol–water partition coefficient (Wildman–Crippen LogP) is 7.41. The molecule has 1 heterocycles.